The third-order valence-electron chi connectivity index (χ3n) is 4.96. The van der Waals surface area contributed by atoms with Gasteiger partial charge in [-0.1, -0.05) is 0 Å². The van der Waals surface area contributed by atoms with Gasteiger partial charge in [-0.05, 0) is 31.4 Å². The number of nitrogens with one attached hydrogen (secondary N) is 1. The normalized spacial score (nSPS) is 16.7. The van der Waals surface area contributed by atoms with Crippen molar-refractivity contribution in [2.75, 3.05) is 0 Å². The Kier molecular flexibility index (Phi) is 5.21. The van der Waals surface area contributed by atoms with Crippen LogP contribution in [0.3, 0.4) is 0 Å². The fraction of sp³-hybridized carbons (Fsp3) is 0.368. The van der Waals surface area contributed by atoms with Crippen LogP contribution in [0.1, 0.15) is 52.2 Å². The molecule has 1 atom stereocenters. The average Bonchev–Trinajstić information content (AvgIpc) is 3.32. The Morgan fingerprint density at radius 1 is 1.16 bits per heavy atom. The first-order chi connectivity index (χ1) is 14.9. The Morgan fingerprint density at radius 3 is 2.53 bits per heavy atom. The molecule has 0 spiro atoms. The number of rotatable bonds is 3. The number of aryl methyl sites for hydroxylation is 2. The molecule has 1 aliphatic rings. The van der Waals surface area contributed by atoms with E-state index in [9.17, 15) is 31.1 Å². The number of hydrogen-bond acceptors (Lipinski definition) is 5. The Hall–Kier alpha value is -3.38. The number of fused-ring (bicyclic) bond motifs is 1. The summed E-state index contributed by atoms with van der Waals surface area (Å²) in [5.41, 5.74) is -2.08. The lowest BCUT2D eigenvalue weighted by atomic mass is 9.97. The van der Waals surface area contributed by atoms with Crippen LogP contribution in [0.5, 0.6) is 0 Å². The molecule has 0 aromatic carbocycles. The summed E-state index contributed by atoms with van der Waals surface area (Å²) >= 11 is 0. The number of carbonyl (C=O) groups is 1. The zero-order valence-corrected chi connectivity index (χ0v) is 16.4. The minimum Gasteiger partial charge on any atom is -0.439 e. The van der Waals surface area contributed by atoms with Crippen LogP contribution < -0.4 is 5.32 Å². The molecule has 0 fully saturated rings. The predicted octanol–water partition coefficient (Wildman–Crippen LogP) is 4.32. The smallest absolute Gasteiger partial charge is 0.435 e. The summed E-state index contributed by atoms with van der Waals surface area (Å²) in [6, 6.07) is 2.05. The highest BCUT2D eigenvalue weighted by molar-refractivity contribution is 5.93. The van der Waals surface area contributed by atoms with E-state index in [1.54, 1.807) is 0 Å². The summed E-state index contributed by atoms with van der Waals surface area (Å²) in [5.74, 6) is -0.610. The van der Waals surface area contributed by atoms with Gasteiger partial charge in [0.05, 0.1) is 11.7 Å². The van der Waals surface area contributed by atoms with Crippen molar-refractivity contribution in [1.29, 1.82) is 0 Å². The van der Waals surface area contributed by atoms with Crippen LogP contribution in [0.4, 0.5) is 26.3 Å². The third kappa shape index (κ3) is 4.18. The zero-order chi connectivity index (χ0) is 23.3. The molecule has 0 radical (unpaired) electrons. The predicted molar refractivity (Wildman–Crippen MR) is 96.1 cm³/mol. The molecule has 1 aliphatic carbocycles. The summed E-state index contributed by atoms with van der Waals surface area (Å²) < 4.78 is 83.9. The van der Waals surface area contributed by atoms with Crippen molar-refractivity contribution in [3.05, 3.63) is 52.9 Å². The standard InChI is InChI=1S/C19H15F6N5O2/c1-30-12(8-14(29-30)19(23,24)25)16(31)27-10-3-2-4-11-15(10)32-17(28-11)9-5-6-26-13(7-9)18(20,21)22/h5-8,10H,2-4H2,1H3,(H,27,31). The van der Waals surface area contributed by atoms with Crippen molar-refractivity contribution in [3.8, 4) is 11.5 Å². The summed E-state index contributed by atoms with van der Waals surface area (Å²) in [5, 5.41) is 5.91. The van der Waals surface area contributed by atoms with Gasteiger partial charge in [-0.15, -0.1) is 0 Å². The van der Waals surface area contributed by atoms with Crippen molar-refractivity contribution in [2.45, 2.75) is 37.7 Å². The second kappa shape index (κ2) is 7.64. The number of amides is 1. The molecule has 0 saturated carbocycles. The SMILES string of the molecule is Cn1nc(C(F)(F)F)cc1C(=O)NC1CCCc2nc(-c3ccnc(C(F)(F)F)c3)oc21. The molecule has 0 saturated heterocycles. The van der Waals surface area contributed by atoms with E-state index in [-0.39, 0.29) is 22.9 Å². The first kappa shape index (κ1) is 21.8. The van der Waals surface area contributed by atoms with E-state index in [2.05, 4.69) is 20.4 Å². The van der Waals surface area contributed by atoms with E-state index in [1.165, 1.54) is 13.1 Å². The van der Waals surface area contributed by atoms with Crippen LogP contribution in [0, 0.1) is 0 Å². The molecule has 3 heterocycles. The summed E-state index contributed by atoms with van der Waals surface area (Å²) in [4.78, 5) is 20.1. The van der Waals surface area contributed by atoms with Gasteiger partial charge in [0.25, 0.3) is 5.91 Å². The number of pyridine rings is 1. The van der Waals surface area contributed by atoms with Crippen LogP contribution in [0.25, 0.3) is 11.5 Å². The van der Waals surface area contributed by atoms with Crippen LogP contribution in [0.15, 0.2) is 28.8 Å². The highest BCUT2D eigenvalue weighted by Crippen LogP contribution is 2.35. The Balaban J connectivity index is 1.60. The summed E-state index contributed by atoms with van der Waals surface area (Å²) in [6.45, 7) is 0. The molecule has 170 valence electrons. The topological polar surface area (TPSA) is 85.8 Å². The molecule has 0 aliphatic heterocycles. The molecule has 32 heavy (non-hydrogen) atoms. The third-order valence-corrected chi connectivity index (χ3v) is 4.96. The quantitative estimate of drug-likeness (QED) is 0.590. The lowest BCUT2D eigenvalue weighted by Crippen LogP contribution is -2.31. The highest BCUT2D eigenvalue weighted by Gasteiger charge is 2.37. The van der Waals surface area contributed by atoms with Gasteiger partial charge in [0, 0.05) is 24.9 Å². The minimum atomic E-state index is -4.70. The number of carbonyl (C=O) groups excluding carboxylic acids is 1. The fourth-order valence-corrected chi connectivity index (χ4v) is 3.45. The van der Waals surface area contributed by atoms with Gasteiger partial charge in [0.2, 0.25) is 5.89 Å². The highest BCUT2D eigenvalue weighted by atomic mass is 19.4. The van der Waals surface area contributed by atoms with Crippen molar-refractivity contribution < 1.29 is 35.6 Å². The number of aromatic nitrogens is 4. The molecular formula is C19H15F6N5O2. The lowest BCUT2D eigenvalue weighted by Gasteiger charge is -2.21. The van der Waals surface area contributed by atoms with Crippen LogP contribution in [-0.4, -0.2) is 25.7 Å². The zero-order valence-electron chi connectivity index (χ0n) is 16.4. The van der Waals surface area contributed by atoms with E-state index >= 15 is 0 Å². The van der Waals surface area contributed by atoms with Crippen molar-refractivity contribution in [2.24, 2.45) is 7.05 Å². The number of alkyl halides is 6. The second-order valence-corrected chi connectivity index (χ2v) is 7.21. The Morgan fingerprint density at radius 2 is 1.88 bits per heavy atom. The molecule has 4 rings (SSSR count). The Bertz CT molecular complexity index is 1160. The average molecular weight is 459 g/mol. The minimum absolute atomic E-state index is 0.0632. The molecule has 1 unspecified atom stereocenters. The maximum Gasteiger partial charge on any atom is 0.435 e. The number of nitrogens with zero attached hydrogens (tertiary/aromatic N) is 4. The Labute approximate surface area is 176 Å². The molecule has 1 N–H and O–H groups in total. The molecule has 3 aromatic rings. The molecule has 7 nitrogen and oxygen atoms in total. The van der Waals surface area contributed by atoms with Gasteiger partial charge in [-0.25, -0.2) is 4.98 Å². The fourth-order valence-electron chi connectivity index (χ4n) is 3.45. The number of halogens is 6. The van der Waals surface area contributed by atoms with Crippen LogP contribution in [-0.2, 0) is 25.8 Å². The monoisotopic (exact) mass is 459 g/mol. The van der Waals surface area contributed by atoms with Gasteiger partial charge in [-0.3, -0.25) is 14.5 Å². The van der Waals surface area contributed by atoms with E-state index in [0.717, 1.165) is 16.9 Å². The van der Waals surface area contributed by atoms with Gasteiger partial charge >= 0.3 is 12.4 Å². The van der Waals surface area contributed by atoms with Crippen molar-refractivity contribution in [3.63, 3.8) is 0 Å². The van der Waals surface area contributed by atoms with Crippen molar-refractivity contribution >= 4 is 5.91 Å². The summed E-state index contributed by atoms with van der Waals surface area (Å²) in [6.07, 6.45) is -6.87. The van der Waals surface area contributed by atoms with Gasteiger partial charge in [-0.2, -0.15) is 31.4 Å². The van der Waals surface area contributed by atoms with Crippen LogP contribution in [0.2, 0.25) is 0 Å². The first-order valence-corrected chi connectivity index (χ1v) is 9.39. The van der Waals surface area contributed by atoms with E-state index < -0.39 is 35.7 Å². The first-order valence-electron chi connectivity index (χ1n) is 9.39. The maximum absolute atomic E-state index is 12.9. The van der Waals surface area contributed by atoms with Gasteiger partial charge < -0.3 is 9.73 Å². The van der Waals surface area contributed by atoms with Crippen LogP contribution >= 0.6 is 0 Å². The maximum atomic E-state index is 12.9. The number of hydrogen-bond donors (Lipinski definition) is 1. The van der Waals surface area contributed by atoms with Gasteiger partial charge in [0.1, 0.15) is 17.1 Å². The second-order valence-electron chi connectivity index (χ2n) is 7.21. The lowest BCUT2D eigenvalue weighted by molar-refractivity contribution is -0.142. The van der Waals surface area contributed by atoms with Crippen molar-refractivity contribution in [1.82, 2.24) is 25.1 Å². The van der Waals surface area contributed by atoms with E-state index in [0.29, 0.717) is 31.0 Å². The molecule has 13 heteroatoms. The molecule has 1 amide bonds. The van der Waals surface area contributed by atoms with E-state index in [4.69, 9.17) is 4.42 Å². The molecular weight excluding hydrogens is 444 g/mol. The molecule has 3 aromatic heterocycles. The summed E-state index contributed by atoms with van der Waals surface area (Å²) in [7, 11) is 1.21. The van der Waals surface area contributed by atoms with E-state index in [1.807, 2.05) is 0 Å². The number of oxazole rings is 1. The largest absolute Gasteiger partial charge is 0.439 e. The molecule has 0 bridgehead atoms. The van der Waals surface area contributed by atoms with Gasteiger partial charge in [0.15, 0.2) is 5.69 Å².